The molecule has 1 aromatic rings. The van der Waals surface area contributed by atoms with Gasteiger partial charge in [0.25, 0.3) is 0 Å². The van der Waals surface area contributed by atoms with Crippen molar-refractivity contribution in [3.63, 3.8) is 0 Å². The zero-order valence-electron chi connectivity index (χ0n) is 10.2. The summed E-state index contributed by atoms with van der Waals surface area (Å²) >= 11 is 0. The van der Waals surface area contributed by atoms with Gasteiger partial charge in [-0.25, -0.2) is 0 Å². The number of carbonyl (C=O) groups is 1. The average Bonchev–Trinajstić information content (AvgIpc) is 2.41. The van der Waals surface area contributed by atoms with Crippen molar-refractivity contribution >= 4 is 5.91 Å². The summed E-state index contributed by atoms with van der Waals surface area (Å²) < 4.78 is 0. The van der Waals surface area contributed by atoms with Gasteiger partial charge in [0.15, 0.2) is 0 Å². The minimum Gasteiger partial charge on any atom is -0.370 e. The van der Waals surface area contributed by atoms with Gasteiger partial charge >= 0.3 is 0 Å². The van der Waals surface area contributed by atoms with Gasteiger partial charge in [-0.3, -0.25) is 4.79 Å². The first-order valence-corrected chi connectivity index (χ1v) is 5.88. The highest BCUT2D eigenvalue weighted by atomic mass is 16.1. The molecule has 2 N–H and O–H groups in total. The van der Waals surface area contributed by atoms with Crippen LogP contribution in [0, 0.1) is 13.8 Å². The van der Waals surface area contributed by atoms with Crippen LogP contribution in [0.5, 0.6) is 0 Å². The summed E-state index contributed by atoms with van der Waals surface area (Å²) in [4.78, 5) is 11.1. The maximum atomic E-state index is 11.1. The molecule has 1 aliphatic rings. The molecule has 86 valence electrons. The average molecular weight is 217 g/mol. The molecule has 0 aromatic heterocycles. The lowest BCUT2D eigenvalue weighted by Gasteiger charge is -2.11. The fraction of sp³-hybridized carbons (Fsp3) is 0.500. The summed E-state index contributed by atoms with van der Waals surface area (Å²) in [6, 6.07) is 4.45. The van der Waals surface area contributed by atoms with Gasteiger partial charge in [0.2, 0.25) is 5.91 Å². The highest BCUT2D eigenvalue weighted by molar-refractivity contribution is 5.75. The standard InChI is InChI=1S/C14H19NO/c1-8-4-9(2)14-10(3)6-11(7-13(15)16)12(14)5-8/h4-5,10-11H,6-7H2,1-3H3,(H2,15,16). The second-order valence-corrected chi connectivity index (χ2v) is 5.09. The van der Waals surface area contributed by atoms with Crippen LogP contribution in [0.1, 0.15) is 53.9 Å². The first kappa shape index (κ1) is 11.2. The zero-order valence-corrected chi connectivity index (χ0v) is 10.2. The highest BCUT2D eigenvalue weighted by Gasteiger charge is 2.30. The number of hydrogen-bond acceptors (Lipinski definition) is 1. The summed E-state index contributed by atoms with van der Waals surface area (Å²) in [5.74, 6) is 0.699. The summed E-state index contributed by atoms with van der Waals surface area (Å²) in [7, 11) is 0. The van der Waals surface area contributed by atoms with Crippen molar-refractivity contribution in [3.05, 3.63) is 34.4 Å². The minimum absolute atomic E-state index is 0.191. The normalized spacial score (nSPS) is 23.2. The Hall–Kier alpha value is -1.31. The summed E-state index contributed by atoms with van der Waals surface area (Å²) in [5, 5.41) is 0. The Labute approximate surface area is 96.8 Å². The van der Waals surface area contributed by atoms with Crippen LogP contribution in [0.4, 0.5) is 0 Å². The third-order valence-electron chi connectivity index (χ3n) is 3.58. The van der Waals surface area contributed by atoms with E-state index in [1.54, 1.807) is 0 Å². The Morgan fingerprint density at radius 2 is 2.12 bits per heavy atom. The predicted molar refractivity (Wildman–Crippen MR) is 65.5 cm³/mol. The Morgan fingerprint density at radius 1 is 1.44 bits per heavy atom. The van der Waals surface area contributed by atoms with Crippen molar-refractivity contribution in [3.8, 4) is 0 Å². The third-order valence-corrected chi connectivity index (χ3v) is 3.58. The van der Waals surface area contributed by atoms with Crippen LogP contribution >= 0.6 is 0 Å². The van der Waals surface area contributed by atoms with Crippen LogP contribution in [0.2, 0.25) is 0 Å². The first-order valence-electron chi connectivity index (χ1n) is 5.88. The minimum atomic E-state index is -0.191. The van der Waals surface area contributed by atoms with Gasteiger partial charge in [-0.1, -0.05) is 24.6 Å². The van der Waals surface area contributed by atoms with Crippen LogP contribution in [0.15, 0.2) is 12.1 Å². The maximum absolute atomic E-state index is 11.1. The van der Waals surface area contributed by atoms with Crippen LogP contribution in [0.3, 0.4) is 0 Å². The van der Waals surface area contributed by atoms with Crippen LogP contribution in [-0.4, -0.2) is 5.91 Å². The quantitative estimate of drug-likeness (QED) is 0.813. The van der Waals surface area contributed by atoms with E-state index in [1.807, 2.05) is 0 Å². The topological polar surface area (TPSA) is 43.1 Å². The fourth-order valence-electron chi connectivity index (χ4n) is 3.13. The van der Waals surface area contributed by atoms with E-state index in [4.69, 9.17) is 5.73 Å². The lowest BCUT2D eigenvalue weighted by atomic mass is 9.94. The van der Waals surface area contributed by atoms with E-state index in [1.165, 1.54) is 22.3 Å². The second-order valence-electron chi connectivity index (χ2n) is 5.09. The van der Waals surface area contributed by atoms with Gasteiger partial charge in [0, 0.05) is 6.42 Å². The molecular formula is C14H19NO. The van der Waals surface area contributed by atoms with E-state index < -0.39 is 0 Å². The first-order chi connectivity index (χ1) is 7.49. The molecule has 0 spiro atoms. The van der Waals surface area contributed by atoms with Gasteiger partial charge in [-0.05, 0) is 48.8 Å². The van der Waals surface area contributed by atoms with Crippen molar-refractivity contribution in [2.75, 3.05) is 0 Å². The van der Waals surface area contributed by atoms with Crippen molar-refractivity contribution in [2.24, 2.45) is 5.73 Å². The molecule has 2 unspecified atom stereocenters. The van der Waals surface area contributed by atoms with Gasteiger partial charge in [-0.2, -0.15) is 0 Å². The Bertz CT molecular complexity index is 437. The molecule has 0 bridgehead atoms. The molecule has 1 amide bonds. The van der Waals surface area contributed by atoms with Gasteiger partial charge < -0.3 is 5.73 Å². The van der Waals surface area contributed by atoms with E-state index >= 15 is 0 Å². The van der Waals surface area contributed by atoms with Crippen molar-refractivity contribution in [1.29, 1.82) is 0 Å². The number of primary amides is 1. The SMILES string of the molecule is Cc1cc(C)c2c(c1)C(CC(N)=O)CC2C. The second kappa shape index (κ2) is 3.93. The van der Waals surface area contributed by atoms with E-state index in [9.17, 15) is 4.79 Å². The number of rotatable bonds is 2. The van der Waals surface area contributed by atoms with Crippen LogP contribution < -0.4 is 5.73 Å². The summed E-state index contributed by atoms with van der Waals surface area (Å²) in [6.07, 6.45) is 1.54. The monoisotopic (exact) mass is 217 g/mol. The fourth-order valence-corrected chi connectivity index (χ4v) is 3.13. The van der Waals surface area contributed by atoms with Gasteiger partial charge in [0.1, 0.15) is 0 Å². The molecule has 0 saturated heterocycles. The zero-order chi connectivity index (χ0) is 11.9. The van der Waals surface area contributed by atoms with Gasteiger partial charge in [0.05, 0.1) is 0 Å². The smallest absolute Gasteiger partial charge is 0.218 e. The molecule has 2 atom stereocenters. The molecule has 1 aromatic carbocycles. The molecule has 0 fully saturated rings. The van der Waals surface area contributed by atoms with E-state index in [0.29, 0.717) is 18.3 Å². The molecule has 0 saturated carbocycles. The number of fused-ring (bicyclic) bond motifs is 1. The Kier molecular flexibility index (Phi) is 2.75. The molecule has 16 heavy (non-hydrogen) atoms. The predicted octanol–water partition coefficient (Wildman–Crippen LogP) is 2.77. The molecule has 0 heterocycles. The summed E-state index contributed by atoms with van der Waals surface area (Å²) in [5.41, 5.74) is 10.7. The van der Waals surface area contributed by atoms with E-state index in [-0.39, 0.29) is 5.91 Å². The molecule has 0 aliphatic heterocycles. The molecular weight excluding hydrogens is 198 g/mol. The maximum Gasteiger partial charge on any atom is 0.218 e. The lowest BCUT2D eigenvalue weighted by molar-refractivity contribution is -0.118. The highest BCUT2D eigenvalue weighted by Crippen LogP contribution is 2.44. The van der Waals surface area contributed by atoms with E-state index in [2.05, 4.69) is 32.9 Å². The lowest BCUT2D eigenvalue weighted by Crippen LogP contribution is -2.14. The summed E-state index contributed by atoms with van der Waals surface area (Å²) in [6.45, 7) is 6.51. The molecule has 2 heteroatoms. The van der Waals surface area contributed by atoms with Crippen LogP contribution in [-0.2, 0) is 4.79 Å². The third kappa shape index (κ3) is 1.84. The van der Waals surface area contributed by atoms with Crippen LogP contribution in [0.25, 0.3) is 0 Å². The molecule has 2 nitrogen and oxygen atoms in total. The number of aryl methyl sites for hydroxylation is 2. The van der Waals surface area contributed by atoms with E-state index in [0.717, 1.165) is 6.42 Å². The number of amides is 1. The number of benzene rings is 1. The van der Waals surface area contributed by atoms with Gasteiger partial charge in [-0.15, -0.1) is 0 Å². The van der Waals surface area contributed by atoms with Crippen molar-refractivity contribution in [1.82, 2.24) is 0 Å². The number of hydrogen-bond donors (Lipinski definition) is 1. The number of nitrogens with two attached hydrogens (primary N) is 1. The largest absolute Gasteiger partial charge is 0.370 e. The van der Waals surface area contributed by atoms with Crippen molar-refractivity contribution in [2.45, 2.75) is 45.4 Å². The molecule has 2 rings (SSSR count). The Morgan fingerprint density at radius 3 is 2.75 bits per heavy atom. The van der Waals surface area contributed by atoms with Crippen molar-refractivity contribution < 1.29 is 4.79 Å². The molecule has 0 radical (unpaired) electrons. The molecule has 1 aliphatic carbocycles. The Balaban J connectivity index is 2.44. The number of carbonyl (C=O) groups excluding carboxylic acids is 1.